The second-order valence-corrected chi connectivity index (χ2v) is 6.13. The Labute approximate surface area is 119 Å². The molecule has 2 nitrogen and oxygen atoms in total. The predicted octanol–water partition coefficient (Wildman–Crippen LogP) is 3.77. The van der Waals surface area contributed by atoms with Crippen LogP contribution >= 0.6 is 27.5 Å². The second-order valence-electron chi connectivity index (χ2n) is 4.55. The summed E-state index contributed by atoms with van der Waals surface area (Å²) in [6, 6.07) is 4.09. The van der Waals surface area contributed by atoms with Crippen LogP contribution in [0.25, 0.3) is 0 Å². The maximum absolute atomic E-state index is 13.2. The minimum absolute atomic E-state index is 0.0304. The van der Waals surface area contributed by atoms with Crippen LogP contribution in [0.1, 0.15) is 29.6 Å². The van der Waals surface area contributed by atoms with Gasteiger partial charge in [-0.3, -0.25) is 4.79 Å². The number of carbonyl (C=O) groups is 1. The summed E-state index contributed by atoms with van der Waals surface area (Å²) in [5, 5.41) is 2.87. The van der Waals surface area contributed by atoms with Crippen LogP contribution in [0.2, 0.25) is 5.02 Å². The zero-order valence-electron chi connectivity index (χ0n) is 9.76. The summed E-state index contributed by atoms with van der Waals surface area (Å²) in [6.45, 7) is 0.624. The fourth-order valence-corrected chi connectivity index (χ4v) is 3.08. The standard InChI is InChI=1S/C13H14BrClFNO/c14-10-3-1-2-9(10)7-17-13(18)8-4-5-11(15)12(16)6-8/h4-6,9-10H,1-3,7H2,(H,17,18). The highest BCUT2D eigenvalue weighted by molar-refractivity contribution is 9.09. The van der Waals surface area contributed by atoms with E-state index in [1.807, 2.05) is 0 Å². The Balaban J connectivity index is 1.93. The van der Waals surface area contributed by atoms with Crippen molar-refractivity contribution in [2.75, 3.05) is 6.54 Å². The molecule has 1 aliphatic carbocycles. The smallest absolute Gasteiger partial charge is 0.251 e. The van der Waals surface area contributed by atoms with Gasteiger partial charge in [0.25, 0.3) is 5.91 Å². The van der Waals surface area contributed by atoms with Gasteiger partial charge in [0, 0.05) is 16.9 Å². The first-order chi connectivity index (χ1) is 8.58. The van der Waals surface area contributed by atoms with E-state index in [-0.39, 0.29) is 10.9 Å². The molecule has 2 atom stereocenters. The van der Waals surface area contributed by atoms with Crippen LogP contribution in [0.5, 0.6) is 0 Å². The van der Waals surface area contributed by atoms with Crippen molar-refractivity contribution >= 4 is 33.4 Å². The number of carbonyl (C=O) groups excluding carboxylic acids is 1. The normalized spacial score (nSPS) is 23.1. The molecule has 0 aliphatic heterocycles. The van der Waals surface area contributed by atoms with E-state index in [0.717, 1.165) is 18.9 Å². The number of rotatable bonds is 3. The average molecular weight is 335 g/mol. The highest BCUT2D eigenvalue weighted by Gasteiger charge is 2.25. The van der Waals surface area contributed by atoms with Gasteiger partial charge < -0.3 is 5.32 Å². The van der Waals surface area contributed by atoms with Gasteiger partial charge in [0.05, 0.1) is 5.02 Å². The molecule has 18 heavy (non-hydrogen) atoms. The number of alkyl halides is 1. The van der Waals surface area contributed by atoms with Crippen molar-refractivity contribution in [3.63, 3.8) is 0 Å². The van der Waals surface area contributed by atoms with E-state index >= 15 is 0 Å². The summed E-state index contributed by atoms with van der Waals surface area (Å²) < 4.78 is 13.2. The fourth-order valence-electron chi connectivity index (χ4n) is 2.18. The molecule has 1 aromatic rings. The highest BCUT2D eigenvalue weighted by Crippen LogP contribution is 2.30. The van der Waals surface area contributed by atoms with E-state index in [4.69, 9.17) is 11.6 Å². The molecular weight excluding hydrogens is 321 g/mol. The SMILES string of the molecule is O=C(NCC1CCCC1Br)c1ccc(Cl)c(F)c1. The minimum atomic E-state index is -0.566. The first kappa shape index (κ1) is 13.8. The molecule has 0 bridgehead atoms. The van der Waals surface area contributed by atoms with Gasteiger partial charge in [-0.2, -0.15) is 0 Å². The Kier molecular flexibility index (Phi) is 4.62. The van der Waals surface area contributed by atoms with Gasteiger partial charge in [-0.1, -0.05) is 34.0 Å². The van der Waals surface area contributed by atoms with Gasteiger partial charge in [0.15, 0.2) is 0 Å². The van der Waals surface area contributed by atoms with E-state index in [9.17, 15) is 9.18 Å². The molecule has 98 valence electrons. The second kappa shape index (κ2) is 6.02. The first-order valence-corrected chi connectivity index (χ1v) is 7.24. The Bertz CT molecular complexity index is 455. The lowest BCUT2D eigenvalue weighted by molar-refractivity contribution is 0.0947. The molecule has 1 fully saturated rings. The molecule has 1 N–H and O–H groups in total. The Morgan fingerprint density at radius 1 is 1.50 bits per heavy atom. The van der Waals surface area contributed by atoms with E-state index < -0.39 is 5.82 Å². The summed E-state index contributed by atoms with van der Waals surface area (Å²) in [6.07, 6.45) is 3.45. The van der Waals surface area contributed by atoms with Crippen molar-refractivity contribution in [2.45, 2.75) is 24.1 Å². The average Bonchev–Trinajstić information content (AvgIpc) is 2.75. The Morgan fingerprint density at radius 2 is 2.28 bits per heavy atom. The minimum Gasteiger partial charge on any atom is -0.352 e. The van der Waals surface area contributed by atoms with Crippen molar-refractivity contribution in [3.8, 4) is 0 Å². The van der Waals surface area contributed by atoms with E-state index in [2.05, 4.69) is 21.2 Å². The zero-order chi connectivity index (χ0) is 13.1. The van der Waals surface area contributed by atoms with Crippen LogP contribution in [0.4, 0.5) is 4.39 Å². The number of benzene rings is 1. The number of nitrogens with one attached hydrogen (secondary N) is 1. The lowest BCUT2D eigenvalue weighted by Gasteiger charge is -2.14. The van der Waals surface area contributed by atoms with Crippen molar-refractivity contribution < 1.29 is 9.18 Å². The van der Waals surface area contributed by atoms with Crippen LogP contribution in [0, 0.1) is 11.7 Å². The summed E-state index contributed by atoms with van der Waals surface area (Å²) in [4.78, 5) is 12.3. The van der Waals surface area contributed by atoms with E-state index in [1.54, 1.807) is 0 Å². The van der Waals surface area contributed by atoms with Crippen LogP contribution in [-0.2, 0) is 0 Å². The molecule has 0 spiro atoms. The van der Waals surface area contributed by atoms with Crippen molar-refractivity contribution in [1.82, 2.24) is 5.32 Å². The highest BCUT2D eigenvalue weighted by atomic mass is 79.9. The lowest BCUT2D eigenvalue weighted by Crippen LogP contribution is -2.31. The van der Waals surface area contributed by atoms with Gasteiger partial charge >= 0.3 is 0 Å². The molecule has 0 aromatic heterocycles. The van der Waals surface area contributed by atoms with Crippen molar-refractivity contribution in [3.05, 3.63) is 34.6 Å². The van der Waals surface area contributed by atoms with Crippen molar-refractivity contribution in [2.24, 2.45) is 5.92 Å². The number of amides is 1. The van der Waals surface area contributed by atoms with Gasteiger partial charge in [0.1, 0.15) is 5.82 Å². The maximum atomic E-state index is 13.2. The number of hydrogen-bond donors (Lipinski definition) is 1. The quantitative estimate of drug-likeness (QED) is 0.838. The molecule has 1 amide bonds. The Morgan fingerprint density at radius 3 is 2.89 bits per heavy atom. The lowest BCUT2D eigenvalue weighted by atomic mass is 10.1. The first-order valence-electron chi connectivity index (χ1n) is 5.95. The molecule has 5 heteroatoms. The van der Waals surface area contributed by atoms with Gasteiger partial charge in [-0.15, -0.1) is 0 Å². The summed E-state index contributed by atoms with van der Waals surface area (Å²) in [5.74, 6) is -0.355. The van der Waals surface area contributed by atoms with Gasteiger partial charge in [-0.05, 0) is 37.0 Å². The molecule has 0 radical (unpaired) electrons. The predicted molar refractivity (Wildman–Crippen MR) is 73.8 cm³/mol. The number of halogens is 3. The summed E-state index contributed by atoms with van der Waals surface area (Å²) in [7, 11) is 0. The third kappa shape index (κ3) is 3.23. The van der Waals surface area contributed by atoms with Crippen LogP contribution in [0.3, 0.4) is 0 Å². The largest absolute Gasteiger partial charge is 0.352 e. The van der Waals surface area contributed by atoms with Gasteiger partial charge in [-0.25, -0.2) is 4.39 Å². The maximum Gasteiger partial charge on any atom is 0.251 e. The molecule has 2 rings (SSSR count). The van der Waals surface area contributed by atoms with Crippen molar-refractivity contribution in [1.29, 1.82) is 0 Å². The van der Waals surface area contributed by atoms with E-state index in [1.165, 1.54) is 18.6 Å². The molecule has 0 heterocycles. The monoisotopic (exact) mass is 333 g/mol. The molecule has 1 saturated carbocycles. The Hall–Kier alpha value is -0.610. The third-order valence-electron chi connectivity index (χ3n) is 3.27. The van der Waals surface area contributed by atoms with Crippen LogP contribution < -0.4 is 5.32 Å². The van der Waals surface area contributed by atoms with E-state index in [0.29, 0.717) is 22.9 Å². The fraction of sp³-hybridized carbons (Fsp3) is 0.462. The zero-order valence-corrected chi connectivity index (χ0v) is 12.1. The summed E-state index contributed by atoms with van der Waals surface area (Å²) >= 11 is 9.18. The molecule has 2 unspecified atom stereocenters. The van der Waals surface area contributed by atoms with Gasteiger partial charge in [0.2, 0.25) is 0 Å². The van der Waals surface area contributed by atoms with Crippen LogP contribution in [0.15, 0.2) is 18.2 Å². The molecule has 1 aromatic carbocycles. The topological polar surface area (TPSA) is 29.1 Å². The summed E-state index contributed by atoms with van der Waals surface area (Å²) in [5.41, 5.74) is 0.306. The third-order valence-corrected chi connectivity index (χ3v) is 4.78. The molecule has 1 aliphatic rings. The van der Waals surface area contributed by atoms with Crippen LogP contribution in [-0.4, -0.2) is 17.3 Å². The molecule has 0 saturated heterocycles. The molecular formula is C13H14BrClFNO. The number of hydrogen-bond acceptors (Lipinski definition) is 1.